The second-order valence-corrected chi connectivity index (χ2v) is 6.34. The molecule has 1 saturated heterocycles. The van der Waals surface area contributed by atoms with Crippen LogP contribution in [0.15, 0.2) is 55.0 Å². The molecule has 4 heteroatoms. The number of likely N-dealkylation sites (tertiary alicyclic amines) is 1. The molecular formula is C19H22N4. The van der Waals surface area contributed by atoms with Crippen LogP contribution in [0.3, 0.4) is 0 Å². The Kier molecular flexibility index (Phi) is 4.07. The van der Waals surface area contributed by atoms with Crippen LogP contribution in [0, 0.1) is 0 Å². The van der Waals surface area contributed by atoms with Gasteiger partial charge >= 0.3 is 0 Å². The molecule has 1 aromatic carbocycles. The first kappa shape index (κ1) is 14.4. The van der Waals surface area contributed by atoms with Gasteiger partial charge in [-0.1, -0.05) is 30.3 Å². The van der Waals surface area contributed by atoms with E-state index in [9.17, 15) is 0 Å². The first-order valence-corrected chi connectivity index (χ1v) is 8.44. The summed E-state index contributed by atoms with van der Waals surface area (Å²) in [6.07, 6.45) is 9.39. The maximum absolute atomic E-state index is 4.33. The smallest absolute Gasteiger partial charge is 0.233 e. The van der Waals surface area contributed by atoms with Gasteiger partial charge in [-0.05, 0) is 37.4 Å². The van der Waals surface area contributed by atoms with Crippen LogP contribution < -0.4 is 0 Å². The lowest BCUT2D eigenvalue weighted by molar-refractivity contribution is 0.208. The Hall–Kier alpha value is -2.20. The molecule has 1 atom stereocenters. The third-order valence-corrected chi connectivity index (χ3v) is 4.82. The molecule has 0 bridgehead atoms. The summed E-state index contributed by atoms with van der Waals surface area (Å²) in [5, 5.41) is 0. The van der Waals surface area contributed by atoms with Gasteiger partial charge in [0.1, 0.15) is 0 Å². The van der Waals surface area contributed by atoms with Crippen LogP contribution in [0.1, 0.15) is 30.0 Å². The van der Waals surface area contributed by atoms with Crippen LogP contribution in [-0.2, 0) is 6.42 Å². The van der Waals surface area contributed by atoms with E-state index in [-0.39, 0.29) is 0 Å². The highest BCUT2D eigenvalue weighted by Gasteiger charge is 2.23. The molecule has 23 heavy (non-hydrogen) atoms. The predicted molar refractivity (Wildman–Crippen MR) is 91.5 cm³/mol. The van der Waals surface area contributed by atoms with E-state index >= 15 is 0 Å². The molecule has 2 aromatic heterocycles. The van der Waals surface area contributed by atoms with Crippen LogP contribution in [0.5, 0.6) is 0 Å². The van der Waals surface area contributed by atoms with Crippen molar-refractivity contribution in [1.29, 1.82) is 0 Å². The Labute approximate surface area is 136 Å². The predicted octanol–water partition coefficient (Wildman–Crippen LogP) is 3.15. The van der Waals surface area contributed by atoms with Gasteiger partial charge in [0.05, 0.1) is 0 Å². The van der Waals surface area contributed by atoms with Gasteiger partial charge in [0.15, 0.2) is 0 Å². The van der Waals surface area contributed by atoms with Crippen molar-refractivity contribution in [2.45, 2.75) is 25.2 Å². The SMILES string of the molecule is c1ccc(CCN2CCC[C@H](c3ccnc4nccn34)C2)cc1. The van der Waals surface area contributed by atoms with Gasteiger partial charge in [-0.25, -0.2) is 9.97 Å². The molecule has 0 radical (unpaired) electrons. The molecule has 0 spiro atoms. The van der Waals surface area contributed by atoms with Gasteiger partial charge in [-0.15, -0.1) is 0 Å². The van der Waals surface area contributed by atoms with E-state index < -0.39 is 0 Å². The number of benzene rings is 1. The zero-order valence-corrected chi connectivity index (χ0v) is 13.3. The monoisotopic (exact) mass is 306 g/mol. The van der Waals surface area contributed by atoms with E-state index in [1.807, 2.05) is 18.6 Å². The van der Waals surface area contributed by atoms with Crippen molar-refractivity contribution in [3.63, 3.8) is 0 Å². The minimum absolute atomic E-state index is 0.569. The van der Waals surface area contributed by atoms with Gasteiger partial charge in [0.2, 0.25) is 5.78 Å². The zero-order chi connectivity index (χ0) is 15.5. The summed E-state index contributed by atoms with van der Waals surface area (Å²) in [5.41, 5.74) is 2.77. The van der Waals surface area contributed by atoms with Crippen molar-refractivity contribution < 1.29 is 0 Å². The second kappa shape index (κ2) is 6.50. The fourth-order valence-electron chi connectivity index (χ4n) is 3.62. The Morgan fingerprint density at radius 1 is 1.04 bits per heavy atom. The third-order valence-electron chi connectivity index (χ3n) is 4.82. The number of imidazole rings is 1. The average molecular weight is 306 g/mol. The Bertz CT molecular complexity index is 765. The Morgan fingerprint density at radius 2 is 1.91 bits per heavy atom. The minimum atomic E-state index is 0.569. The lowest BCUT2D eigenvalue weighted by atomic mass is 9.94. The van der Waals surface area contributed by atoms with Gasteiger partial charge in [0, 0.05) is 43.3 Å². The molecule has 1 aliphatic heterocycles. The van der Waals surface area contributed by atoms with E-state index in [0.717, 1.165) is 25.3 Å². The van der Waals surface area contributed by atoms with Crippen molar-refractivity contribution in [2.24, 2.45) is 0 Å². The van der Waals surface area contributed by atoms with E-state index in [0.29, 0.717) is 5.92 Å². The highest BCUT2D eigenvalue weighted by atomic mass is 15.1. The summed E-state index contributed by atoms with van der Waals surface area (Å²) < 4.78 is 2.14. The van der Waals surface area contributed by atoms with Crippen molar-refractivity contribution in [3.8, 4) is 0 Å². The molecule has 0 saturated carbocycles. The molecule has 0 amide bonds. The molecule has 118 valence electrons. The normalized spacial score (nSPS) is 19.2. The lowest BCUT2D eigenvalue weighted by Crippen LogP contribution is -2.36. The number of hydrogen-bond acceptors (Lipinski definition) is 3. The third kappa shape index (κ3) is 3.13. The highest BCUT2D eigenvalue weighted by molar-refractivity contribution is 5.31. The van der Waals surface area contributed by atoms with Crippen LogP contribution in [0.4, 0.5) is 0 Å². The molecule has 1 aliphatic rings. The second-order valence-electron chi connectivity index (χ2n) is 6.34. The number of hydrogen-bond donors (Lipinski definition) is 0. The molecule has 0 unspecified atom stereocenters. The highest BCUT2D eigenvalue weighted by Crippen LogP contribution is 2.27. The average Bonchev–Trinajstić information content (AvgIpc) is 3.10. The summed E-state index contributed by atoms with van der Waals surface area (Å²) in [7, 11) is 0. The fourth-order valence-corrected chi connectivity index (χ4v) is 3.62. The van der Waals surface area contributed by atoms with E-state index in [4.69, 9.17) is 0 Å². The Balaban J connectivity index is 1.46. The number of rotatable bonds is 4. The van der Waals surface area contributed by atoms with Crippen molar-refractivity contribution in [1.82, 2.24) is 19.3 Å². The molecular weight excluding hydrogens is 284 g/mol. The maximum atomic E-state index is 4.33. The standard InChI is InChI=1S/C19H22N4/c1-2-5-16(6-3-1)9-13-22-12-4-7-17(15-22)18-8-10-20-19-21-11-14-23(18)19/h1-3,5-6,8,10-11,14,17H,4,7,9,12-13,15H2/t17-/m0/s1. The van der Waals surface area contributed by atoms with Gasteiger partial charge in [-0.3, -0.25) is 4.40 Å². The molecule has 1 fully saturated rings. The maximum Gasteiger partial charge on any atom is 0.233 e. The summed E-state index contributed by atoms with van der Waals surface area (Å²) >= 11 is 0. The molecule has 4 rings (SSSR count). The molecule has 3 aromatic rings. The summed E-state index contributed by atoms with van der Waals surface area (Å²) in [5.74, 6) is 1.38. The van der Waals surface area contributed by atoms with Crippen LogP contribution >= 0.6 is 0 Å². The van der Waals surface area contributed by atoms with Gasteiger partial charge in [-0.2, -0.15) is 0 Å². The summed E-state index contributed by atoms with van der Waals surface area (Å²) in [4.78, 5) is 11.2. The number of piperidine rings is 1. The van der Waals surface area contributed by atoms with Gasteiger partial charge in [0.25, 0.3) is 0 Å². The zero-order valence-electron chi connectivity index (χ0n) is 13.3. The molecule has 0 N–H and O–H groups in total. The van der Waals surface area contributed by atoms with Crippen molar-refractivity contribution >= 4 is 5.78 Å². The van der Waals surface area contributed by atoms with Crippen LogP contribution in [0.2, 0.25) is 0 Å². The summed E-state index contributed by atoms with van der Waals surface area (Å²) in [6.45, 7) is 3.48. The van der Waals surface area contributed by atoms with E-state index in [2.05, 4.69) is 55.7 Å². The number of fused-ring (bicyclic) bond motifs is 1. The number of aromatic nitrogens is 3. The summed E-state index contributed by atoms with van der Waals surface area (Å²) in [6, 6.07) is 12.9. The molecule has 0 aliphatic carbocycles. The van der Waals surface area contributed by atoms with Crippen molar-refractivity contribution in [3.05, 3.63) is 66.2 Å². The Morgan fingerprint density at radius 3 is 2.83 bits per heavy atom. The first-order chi connectivity index (χ1) is 11.4. The quantitative estimate of drug-likeness (QED) is 0.742. The van der Waals surface area contributed by atoms with Gasteiger partial charge < -0.3 is 4.90 Å². The van der Waals surface area contributed by atoms with Crippen LogP contribution in [0.25, 0.3) is 5.78 Å². The number of nitrogens with zero attached hydrogens (tertiary/aromatic N) is 4. The largest absolute Gasteiger partial charge is 0.302 e. The van der Waals surface area contributed by atoms with E-state index in [1.165, 1.54) is 30.6 Å². The lowest BCUT2D eigenvalue weighted by Gasteiger charge is -2.33. The van der Waals surface area contributed by atoms with Crippen molar-refractivity contribution in [2.75, 3.05) is 19.6 Å². The molecule has 3 heterocycles. The first-order valence-electron chi connectivity index (χ1n) is 8.44. The molecule has 4 nitrogen and oxygen atoms in total. The fraction of sp³-hybridized carbons (Fsp3) is 0.368. The topological polar surface area (TPSA) is 33.4 Å². The van der Waals surface area contributed by atoms with Crippen LogP contribution in [-0.4, -0.2) is 38.9 Å². The van der Waals surface area contributed by atoms with E-state index in [1.54, 1.807) is 0 Å². The minimum Gasteiger partial charge on any atom is -0.302 e.